The summed E-state index contributed by atoms with van der Waals surface area (Å²) in [7, 11) is 0. The Balaban J connectivity index is 1.59. The van der Waals surface area contributed by atoms with Crippen LogP contribution in [0.4, 0.5) is 11.4 Å². The second-order valence-corrected chi connectivity index (χ2v) is 7.67. The summed E-state index contributed by atoms with van der Waals surface area (Å²) in [6, 6.07) is 11.5. The second kappa shape index (κ2) is 8.60. The van der Waals surface area contributed by atoms with Crippen molar-refractivity contribution in [2.45, 2.75) is 37.5 Å². The molecule has 1 aliphatic rings. The number of hydrogen-bond acceptors (Lipinski definition) is 3. The van der Waals surface area contributed by atoms with Gasteiger partial charge in [-0.2, -0.15) is 0 Å². The first kappa shape index (κ1) is 18.8. The van der Waals surface area contributed by atoms with Crippen molar-refractivity contribution < 1.29 is 9.59 Å². The highest BCUT2D eigenvalue weighted by Gasteiger charge is 2.12. The average Bonchev–Trinajstić information content (AvgIpc) is 3.10. The van der Waals surface area contributed by atoms with Gasteiger partial charge in [-0.3, -0.25) is 9.59 Å². The van der Waals surface area contributed by atoms with Gasteiger partial charge < -0.3 is 10.6 Å². The number of aryl methyl sites for hydroxylation is 2. The molecule has 3 rings (SSSR count). The molecule has 136 valence electrons. The number of amides is 2. The highest BCUT2D eigenvalue weighted by molar-refractivity contribution is 8.00. The van der Waals surface area contributed by atoms with Gasteiger partial charge in [0, 0.05) is 17.0 Å². The smallest absolute Gasteiger partial charge is 0.234 e. The van der Waals surface area contributed by atoms with E-state index in [2.05, 4.69) is 28.8 Å². The molecule has 0 saturated carbocycles. The van der Waals surface area contributed by atoms with Crippen LogP contribution in [-0.2, 0) is 22.4 Å². The summed E-state index contributed by atoms with van der Waals surface area (Å²) >= 11 is 7.67. The van der Waals surface area contributed by atoms with Crippen LogP contribution in [0.1, 0.15) is 30.9 Å². The van der Waals surface area contributed by atoms with E-state index in [1.54, 1.807) is 25.1 Å². The molecular weight excluding hydrogens is 368 g/mol. The van der Waals surface area contributed by atoms with Crippen molar-refractivity contribution >= 4 is 46.6 Å². The highest BCUT2D eigenvalue weighted by atomic mass is 35.5. The van der Waals surface area contributed by atoms with Gasteiger partial charge in [0.1, 0.15) is 0 Å². The van der Waals surface area contributed by atoms with Gasteiger partial charge in [0.2, 0.25) is 11.8 Å². The Bertz CT molecular complexity index is 839. The number of rotatable bonds is 6. The van der Waals surface area contributed by atoms with Crippen molar-refractivity contribution in [2.75, 3.05) is 16.4 Å². The number of anilines is 2. The molecule has 4 nitrogen and oxygen atoms in total. The third-order valence-corrected chi connectivity index (χ3v) is 5.61. The third-order valence-electron chi connectivity index (χ3n) is 4.29. The molecule has 0 unspecified atom stereocenters. The number of nitrogens with one attached hydrogen (secondary N) is 2. The zero-order chi connectivity index (χ0) is 18.5. The van der Waals surface area contributed by atoms with E-state index in [1.165, 1.54) is 29.3 Å². The van der Waals surface area contributed by atoms with Gasteiger partial charge in [-0.15, -0.1) is 11.8 Å². The molecule has 0 aliphatic heterocycles. The van der Waals surface area contributed by atoms with Crippen LogP contribution in [-0.4, -0.2) is 17.6 Å². The monoisotopic (exact) mass is 388 g/mol. The summed E-state index contributed by atoms with van der Waals surface area (Å²) in [5, 5.41) is 6.02. The molecule has 0 saturated heterocycles. The summed E-state index contributed by atoms with van der Waals surface area (Å²) < 4.78 is 0. The van der Waals surface area contributed by atoms with Crippen molar-refractivity contribution in [3.8, 4) is 0 Å². The van der Waals surface area contributed by atoms with Crippen LogP contribution in [0.5, 0.6) is 0 Å². The number of carbonyl (C=O) groups is 2. The van der Waals surface area contributed by atoms with Crippen LogP contribution in [0.15, 0.2) is 41.3 Å². The molecular formula is C20H21ClN2O2S. The lowest BCUT2D eigenvalue weighted by Gasteiger charge is -2.10. The number of hydrogen-bond donors (Lipinski definition) is 2. The van der Waals surface area contributed by atoms with Gasteiger partial charge in [-0.25, -0.2) is 0 Å². The summed E-state index contributed by atoms with van der Waals surface area (Å²) in [5.41, 5.74) is 3.94. The van der Waals surface area contributed by atoms with Gasteiger partial charge in [0.15, 0.2) is 0 Å². The molecule has 26 heavy (non-hydrogen) atoms. The Hall–Kier alpha value is -1.98. The molecule has 2 N–H and O–H groups in total. The minimum Gasteiger partial charge on any atom is -0.326 e. The SMILES string of the molecule is CCC(=O)Nc1ccc(Cl)c(NC(=O)CSc2ccc3c(c2)CCC3)c1. The molecule has 2 aromatic carbocycles. The molecule has 0 fully saturated rings. The van der Waals surface area contributed by atoms with Crippen LogP contribution in [0.25, 0.3) is 0 Å². The fourth-order valence-electron chi connectivity index (χ4n) is 2.92. The van der Waals surface area contributed by atoms with Gasteiger partial charge in [-0.1, -0.05) is 24.6 Å². The first-order valence-corrected chi connectivity index (χ1v) is 10.1. The van der Waals surface area contributed by atoms with Crippen molar-refractivity contribution in [3.05, 3.63) is 52.5 Å². The average molecular weight is 389 g/mol. The fraction of sp³-hybridized carbons (Fsp3) is 0.300. The number of carbonyl (C=O) groups excluding carboxylic acids is 2. The van der Waals surface area contributed by atoms with Crippen molar-refractivity contribution in [3.63, 3.8) is 0 Å². The van der Waals surface area contributed by atoms with Crippen LogP contribution in [0.3, 0.4) is 0 Å². The number of halogens is 1. The summed E-state index contributed by atoms with van der Waals surface area (Å²) in [5.74, 6) is 0.0915. The largest absolute Gasteiger partial charge is 0.326 e. The van der Waals surface area contributed by atoms with E-state index in [4.69, 9.17) is 11.6 Å². The topological polar surface area (TPSA) is 58.2 Å². The predicted molar refractivity (Wildman–Crippen MR) is 108 cm³/mol. The molecule has 2 aromatic rings. The Morgan fingerprint density at radius 1 is 1.04 bits per heavy atom. The lowest BCUT2D eigenvalue weighted by molar-refractivity contribution is -0.116. The Labute approximate surface area is 162 Å². The van der Waals surface area contributed by atoms with Gasteiger partial charge in [0.05, 0.1) is 16.5 Å². The Morgan fingerprint density at radius 2 is 1.85 bits per heavy atom. The Morgan fingerprint density at radius 3 is 2.65 bits per heavy atom. The lowest BCUT2D eigenvalue weighted by Crippen LogP contribution is -2.15. The standard InChI is InChI=1S/C20H21ClN2O2S/c1-2-19(24)22-15-7-9-17(21)18(11-15)23-20(25)12-26-16-8-6-13-4-3-5-14(13)10-16/h6-11H,2-5,12H2,1H3,(H,22,24)(H,23,25). The predicted octanol–water partition coefficient (Wildman–Crippen LogP) is 4.91. The molecule has 6 heteroatoms. The van der Waals surface area contributed by atoms with Crippen LogP contribution in [0.2, 0.25) is 5.02 Å². The minimum absolute atomic E-state index is 0.0863. The third kappa shape index (κ3) is 4.80. The molecule has 0 heterocycles. The molecule has 2 amide bonds. The van der Waals surface area contributed by atoms with Gasteiger partial charge in [0.25, 0.3) is 0 Å². The molecule has 1 aliphatic carbocycles. The molecule has 0 spiro atoms. The van der Waals surface area contributed by atoms with Crippen molar-refractivity contribution in [1.29, 1.82) is 0 Å². The fourth-order valence-corrected chi connectivity index (χ4v) is 3.85. The van der Waals surface area contributed by atoms with E-state index >= 15 is 0 Å². The number of fused-ring (bicyclic) bond motifs is 1. The molecule has 0 radical (unpaired) electrons. The maximum atomic E-state index is 12.3. The van der Waals surface area contributed by atoms with Crippen LogP contribution >= 0.6 is 23.4 Å². The first-order chi connectivity index (χ1) is 12.5. The van der Waals surface area contributed by atoms with E-state index < -0.39 is 0 Å². The maximum Gasteiger partial charge on any atom is 0.234 e. The van der Waals surface area contributed by atoms with E-state index in [-0.39, 0.29) is 11.8 Å². The van der Waals surface area contributed by atoms with Crippen molar-refractivity contribution in [1.82, 2.24) is 0 Å². The number of benzene rings is 2. The van der Waals surface area contributed by atoms with E-state index in [1.807, 2.05) is 0 Å². The lowest BCUT2D eigenvalue weighted by atomic mass is 10.1. The highest BCUT2D eigenvalue weighted by Crippen LogP contribution is 2.29. The second-order valence-electron chi connectivity index (χ2n) is 6.22. The maximum absolute atomic E-state index is 12.3. The number of thioether (sulfide) groups is 1. The minimum atomic E-state index is -0.128. The van der Waals surface area contributed by atoms with E-state index in [0.717, 1.165) is 17.7 Å². The van der Waals surface area contributed by atoms with E-state index in [0.29, 0.717) is 28.6 Å². The zero-order valence-electron chi connectivity index (χ0n) is 14.6. The first-order valence-electron chi connectivity index (χ1n) is 8.69. The molecule has 0 aromatic heterocycles. The van der Waals surface area contributed by atoms with Crippen LogP contribution < -0.4 is 10.6 Å². The quantitative estimate of drug-likeness (QED) is 0.691. The summed E-state index contributed by atoms with van der Waals surface area (Å²) in [6.07, 6.45) is 3.89. The van der Waals surface area contributed by atoms with Crippen LogP contribution in [0, 0.1) is 0 Å². The Kier molecular flexibility index (Phi) is 6.22. The van der Waals surface area contributed by atoms with Gasteiger partial charge in [-0.05, 0) is 60.7 Å². The van der Waals surface area contributed by atoms with Gasteiger partial charge >= 0.3 is 0 Å². The molecule has 0 bridgehead atoms. The zero-order valence-corrected chi connectivity index (χ0v) is 16.2. The summed E-state index contributed by atoms with van der Waals surface area (Å²) in [6.45, 7) is 1.78. The normalized spacial score (nSPS) is 12.5. The van der Waals surface area contributed by atoms with Crippen molar-refractivity contribution in [2.24, 2.45) is 0 Å². The molecule has 0 atom stereocenters. The summed E-state index contributed by atoms with van der Waals surface area (Å²) in [4.78, 5) is 24.9. The van der Waals surface area contributed by atoms with E-state index in [9.17, 15) is 9.59 Å².